The van der Waals surface area contributed by atoms with E-state index >= 15 is 0 Å². The van der Waals surface area contributed by atoms with Gasteiger partial charge in [-0.05, 0) is 36.1 Å². The zero-order valence-corrected chi connectivity index (χ0v) is 12.3. The number of carbonyl (C=O) groups excluding carboxylic acids is 1. The van der Waals surface area contributed by atoms with Crippen molar-refractivity contribution in [3.63, 3.8) is 0 Å². The molecule has 0 unspecified atom stereocenters. The third-order valence-electron chi connectivity index (χ3n) is 3.18. The molecule has 0 heterocycles. The van der Waals surface area contributed by atoms with Crippen molar-refractivity contribution in [2.75, 3.05) is 6.54 Å². The van der Waals surface area contributed by atoms with Crippen LogP contribution in [0.3, 0.4) is 0 Å². The monoisotopic (exact) mass is 283 g/mol. The normalized spacial score (nSPS) is 10.1. The summed E-state index contributed by atoms with van der Waals surface area (Å²) in [4.78, 5) is 11.5. The molecule has 0 aliphatic carbocycles. The molecule has 3 heteroatoms. The van der Waals surface area contributed by atoms with Crippen molar-refractivity contribution in [3.05, 3.63) is 65.7 Å². The van der Waals surface area contributed by atoms with Crippen molar-refractivity contribution >= 4 is 6.09 Å². The van der Waals surface area contributed by atoms with Crippen LogP contribution in [-0.2, 0) is 6.42 Å². The second kappa shape index (κ2) is 8.10. The number of nitrogens with one attached hydrogen (secondary N) is 1. The topological polar surface area (TPSA) is 38.3 Å². The van der Waals surface area contributed by atoms with Gasteiger partial charge in [-0.25, -0.2) is 4.79 Å². The minimum Gasteiger partial charge on any atom is -0.410 e. The second-order valence-corrected chi connectivity index (χ2v) is 4.98. The fourth-order valence-electron chi connectivity index (χ4n) is 2.02. The number of benzene rings is 2. The van der Waals surface area contributed by atoms with Gasteiger partial charge in [-0.15, -0.1) is 0 Å². The van der Waals surface area contributed by atoms with Crippen molar-refractivity contribution in [3.8, 4) is 5.75 Å². The maximum Gasteiger partial charge on any atom is 0.412 e. The number of ether oxygens (including phenoxy) is 1. The first kappa shape index (κ1) is 15.1. The van der Waals surface area contributed by atoms with Gasteiger partial charge in [-0.1, -0.05) is 55.8 Å². The first-order valence-electron chi connectivity index (χ1n) is 7.36. The van der Waals surface area contributed by atoms with E-state index in [2.05, 4.69) is 24.4 Å². The van der Waals surface area contributed by atoms with Gasteiger partial charge in [0, 0.05) is 6.54 Å². The third-order valence-corrected chi connectivity index (χ3v) is 3.18. The van der Waals surface area contributed by atoms with Crippen LogP contribution >= 0.6 is 0 Å². The van der Waals surface area contributed by atoms with E-state index in [4.69, 9.17) is 4.74 Å². The highest BCUT2D eigenvalue weighted by Gasteiger charge is 2.03. The lowest BCUT2D eigenvalue weighted by Gasteiger charge is -2.07. The largest absolute Gasteiger partial charge is 0.412 e. The van der Waals surface area contributed by atoms with Gasteiger partial charge in [-0.2, -0.15) is 0 Å². The molecule has 0 fully saturated rings. The molecule has 0 saturated heterocycles. The maximum atomic E-state index is 11.5. The van der Waals surface area contributed by atoms with Crippen molar-refractivity contribution in [1.82, 2.24) is 5.32 Å². The van der Waals surface area contributed by atoms with Gasteiger partial charge < -0.3 is 10.1 Å². The van der Waals surface area contributed by atoms with Crippen molar-refractivity contribution < 1.29 is 9.53 Å². The molecule has 0 spiro atoms. The number of unbranched alkanes of at least 4 members (excludes halogenated alkanes) is 1. The molecular formula is C18H21NO2. The predicted molar refractivity (Wildman–Crippen MR) is 84.6 cm³/mol. The van der Waals surface area contributed by atoms with Crippen LogP contribution in [0.5, 0.6) is 5.75 Å². The summed E-state index contributed by atoms with van der Waals surface area (Å²) in [6.45, 7) is 2.74. The highest BCUT2D eigenvalue weighted by molar-refractivity contribution is 5.70. The van der Waals surface area contributed by atoms with E-state index in [0.29, 0.717) is 12.3 Å². The van der Waals surface area contributed by atoms with Crippen molar-refractivity contribution in [2.45, 2.75) is 26.2 Å². The zero-order valence-electron chi connectivity index (χ0n) is 12.3. The lowest BCUT2D eigenvalue weighted by atomic mass is 10.1. The summed E-state index contributed by atoms with van der Waals surface area (Å²) in [6, 6.07) is 17.9. The van der Waals surface area contributed by atoms with Gasteiger partial charge in [-0.3, -0.25) is 0 Å². The zero-order chi connectivity index (χ0) is 14.9. The number of amides is 1. The standard InChI is InChI=1S/C18H21NO2/c1-2-3-13-19-18(20)21-17-11-9-16(10-12-17)14-15-7-5-4-6-8-15/h4-12H,2-3,13-14H2,1H3,(H,19,20). The molecule has 3 nitrogen and oxygen atoms in total. The fraction of sp³-hybridized carbons (Fsp3) is 0.278. The first-order chi connectivity index (χ1) is 10.3. The molecule has 0 saturated carbocycles. The predicted octanol–water partition coefficient (Wildman–Crippen LogP) is 4.17. The van der Waals surface area contributed by atoms with Gasteiger partial charge in [0.05, 0.1) is 0 Å². The SMILES string of the molecule is CCCCNC(=O)Oc1ccc(Cc2ccccc2)cc1. The highest BCUT2D eigenvalue weighted by Crippen LogP contribution is 2.15. The van der Waals surface area contributed by atoms with Crippen LogP contribution in [0.4, 0.5) is 4.79 Å². The van der Waals surface area contributed by atoms with Crippen LogP contribution < -0.4 is 10.1 Å². The lowest BCUT2D eigenvalue weighted by molar-refractivity contribution is 0.200. The minimum atomic E-state index is -0.390. The van der Waals surface area contributed by atoms with E-state index in [1.165, 1.54) is 11.1 Å². The Kier molecular flexibility index (Phi) is 5.83. The summed E-state index contributed by atoms with van der Waals surface area (Å²) in [5.74, 6) is 0.570. The van der Waals surface area contributed by atoms with E-state index in [1.54, 1.807) is 0 Å². The smallest absolute Gasteiger partial charge is 0.410 e. The molecule has 0 aliphatic heterocycles. The average molecular weight is 283 g/mol. The summed E-state index contributed by atoms with van der Waals surface area (Å²) in [6.07, 6.45) is 2.50. The van der Waals surface area contributed by atoms with E-state index in [9.17, 15) is 4.79 Å². The Hall–Kier alpha value is -2.29. The Morgan fingerprint density at radius 3 is 2.33 bits per heavy atom. The number of rotatable bonds is 6. The molecular weight excluding hydrogens is 262 g/mol. The number of hydrogen-bond acceptors (Lipinski definition) is 2. The molecule has 0 aromatic heterocycles. The molecule has 21 heavy (non-hydrogen) atoms. The van der Waals surface area contributed by atoms with Crippen LogP contribution in [0.15, 0.2) is 54.6 Å². The Morgan fingerprint density at radius 1 is 1.00 bits per heavy atom. The average Bonchev–Trinajstić information content (AvgIpc) is 2.51. The number of carbonyl (C=O) groups is 1. The van der Waals surface area contributed by atoms with Gasteiger partial charge in [0.1, 0.15) is 5.75 Å². The van der Waals surface area contributed by atoms with E-state index in [-0.39, 0.29) is 6.09 Å². The summed E-state index contributed by atoms with van der Waals surface area (Å²) in [5, 5.41) is 2.73. The quantitative estimate of drug-likeness (QED) is 0.808. The third kappa shape index (κ3) is 5.30. The molecule has 0 bridgehead atoms. The van der Waals surface area contributed by atoms with Crippen LogP contribution in [0.2, 0.25) is 0 Å². The molecule has 1 amide bonds. The molecule has 0 aliphatic rings. The Morgan fingerprint density at radius 2 is 1.67 bits per heavy atom. The van der Waals surface area contributed by atoms with Crippen LogP contribution in [0.25, 0.3) is 0 Å². The molecule has 1 N–H and O–H groups in total. The van der Waals surface area contributed by atoms with Gasteiger partial charge in [0.15, 0.2) is 0 Å². The van der Waals surface area contributed by atoms with E-state index < -0.39 is 0 Å². The Bertz CT molecular complexity index is 549. The summed E-state index contributed by atoms with van der Waals surface area (Å²) >= 11 is 0. The first-order valence-corrected chi connectivity index (χ1v) is 7.36. The lowest BCUT2D eigenvalue weighted by Crippen LogP contribution is -2.27. The summed E-state index contributed by atoms with van der Waals surface area (Å²) in [5.41, 5.74) is 2.46. The maximum absolute atomic E-state index is 11.5. The minimum absolute atomic E-state index is 0.390. The van der Waals surface area contributed by atoms with Crippen molar-refractivity contribution in [1.29, 1.82) is 0 Å². The molecule has 110 valence electrons. The molecule has 2 aromatic carbocycles. The number of hydrogen-bond donors (Lipinski definition) is 1. The Labute approximate surface area is 126 Å². The summed E-state index contributed by atoms with van der Waals surface area (Å²) in [7, 11) is 0. The Balaban J connectivity index is 1.85. The fourth-order valence-corrected chi connectivity index (χ4v) is 2.02. The van der Waals surface area contributed by atoms with Gasteiger partial charge in [0.2, 0.25) is 0 Å². The van der Waals surface area contributed by atoms with Crippen molar-refractivity contribution in [2.24, 2.45) is 0 Å². The molecule has 0 radical (unpaired) electrons. The van der Waals surface area contributed by atoms with E-state index in [0.717, 1.165) is 19.3 Å². The van der Waals surface area contributed by atoms with Crippen LogP contribution in [0.1, 0.15) is 30.9 Å². The highest BCUT2D eigenvalue weighted by atomic mass is 16.5. The van der Waals surface area contributed by atoms with Crippen LogP contribution in [0, 0.1) is 0 Å². The second-order valence-electron chi connectivity index (χ2n) is 4.98. The van der Waals surface area contributed by atoms with Gasteiger partial charge in [0.25, 0.3) is 0 Å². The summed E-state index contributed by atoms with van der Waals surface area (Å²) < 4.78 is 5.22. The molecule has 2 aromatic rings. The van der Waals surface area contributed by atoms with Gasteiger partial charge >= 0.3 is 6.09 Å². The van der Waals surface area contributed by atoms with Crippen LogP contribution in [-0.4, -0.2) is 12.6 Å². The molecule has 2 rings (SSSR count). The van der Waals surface area contributed by atoms with E-state index in [1.807, 2.05) is 42.5 Å². The molecule has 0 atom stereocenters.